The van der Waals surface area contributed by atoms with Crippen LogP contribution in [0, 0.1) is 0 Å². The first-order chi connectivity index (χ1) is 14.2. The fraction of sp³-hybridized carbons (Fsp3) is 0.250. The second-order valence-electron chi connectivity index (χ2n) is 6.52. The van der Waals surface area contributed by atoms with Crippen molar-refractivity contribution in [3.63, 3.8) is 0 Å². The second kappa shape index (κ2) is 10.4. The third-order valence-electron chi connectivity index (χ3n) is 4.59. The van der Waals surface area contributed by atoms with Crippen molar-refractivity contribution in [3.8, 4) is 23.0 Å². The lowest BCUT2D eigenvalue weighted by Gasteiger charge is -2.14. The van der Waals surface area contributed by atoms with Crippen molar-refractivity contribution < 1.29 is 18.9 Å². The molecule has 29 heavy (non-hydrogen) atoms. The molecule has 0 radical (unpaired) electrons. The first-order valence-corrected chi connectivity index (χ1v) is 9.49. The number of rotatable bonds is 10. The fourth-order valence-corrected chi connectivity index (χ4v) is 3.11. The number of benzene rings is 3. The van der Waals surface area contributed by atoms with Crippen molar-refractivity contribution in [2.75, 3.05) is 21.3 Å². The molecule has 0 saturated carbocycles. The first kappa shape index (κ1) is 20.6. The number of hydrogen-bond acceptors (Lipinski definition) is 5. The Morgan fingerprint density at radius 1 is 0.655 bits per heavy atom. The number of methoxy groups -OCH3 is 3. The van der Waals surface area contributed by atoms with Crippen molar-refractivity contribution in [1.82, 2.24) is 5.32 Å². The van der Waals surface area contributed by atoms with E-state index in [9.17, 15) is 0 Å². The van der Waals surface area contributed by atoms with Gasteiger partial charge in [0.05, 0.1) is 21.3 Å². The van der Waals surface area contributed by atoms with Gasteiger partial charge in [0, 0.05) is 18.7 Å². The summed E-state index contributed by atoms with van der Waals surface area (Å²) in [4.78, 5) is 0. The van der Waals surface area contributed by atoms with Gasteiger partial charge >= 0.3 is 0 Å². The molecule has 0 atom stereocenters. The maximum absolute atomic E-state index is 6.00. The minimum atomic E-state index is 0.495. The van der Waals surface area contributed by atoms with Crippen LogP contribution < -0.4 is 24.3 Å². The summed E-state index contributed by atoms with van der Waals surface area (Å²) in [6, 6.07) is 21.9. The molecule has 1 N–H and O–H groups in total. The molecule has 0 aromatic heterocycles. The Balaban J connectivity index is 1.64. The van der Waals surface area contributed by atoms with E-state index < -0.39 is 0 Å². The van der Waals surface area contributed by atoms with E-state index in [1.54, 1.807) is 21.3 Å². The zero-order valence-electron chi connectivity index (χ0n) is 17.1. The molecule has 0 saturated heterocycles. The summed E-state index contributed by atoms with van der Waals surface area (Å²) in [7, 11) is 4.95. The van der Waals surface area contributed by atoms with Crippen LogP contribution in [0.2, 0.25) is 0 Å². The molecule has 0 heterocycles. The molecule has 0 aliphatic heterocycles. The zero-order chi connectivity index (χ0) is 20.5. The quantitative estimate of drug-likeness (QED) is 0.546. The van der Waals surface area contributed by atoms with Crippen LogP contribution in [0.3, 0.4) is 0 Å². The van der Waals surface area contributed by atoms with Gasteiger partial charge in [0.2, 0.25) is 0 Å². The summed E-state index contributed by atoms with van der Waals surface area (Å²) in [5.41, 5.74) is 3.26. The monoisotopic (exact) mass is 393 g/mol. The van der Waals surface area contributed by atoms with Crippen molar-refractivity contribution in [2.45, 2.75) is 19.7 Å². The summed E-state index contributed by atoms with van der Waals surface area (Å²) in [6.07, 6.45) is 0. The van der Waals surface area contributed by atoms with E-state index in [1.165, 1.54) is 0 Å². The van der Waals surface area contributed by atoms with Crippen LogP contribution in [0.5, 0.6) is 23.0 Å². The number of hydrogen-bond donors (Lipinski definition) is 1. The molecule has 0 unspecified atom stereocenters. The molecule has 3 rings (SSSR count). The van der Waals surface area contributed by atoms with Gasteiger partial charge in [0.15, 0.2) is 23.0 Å². The molecule has 3 aromatic carbocycles. The summed E-state index contributed by atoms with van der Waals surface area (Å²) >= 11 is 0. The summed E-state index contributed by atoms with van der Waals surface area (Å²) < 4.78 is 22.3. The number of nitrogens with one attached hydrogen (secondary N) is 1. The van der Waals surface area contributed by atoms with Gasteiger partial charge in [-0.15, -0.1) is 0 Å². The van der Waals surface area contributed by atoms with Gasteiger partial charge in [-0.2, -0.15) is 0 Å². The molecule has 5 nitrogen and oxygen atoms in total. The molecule has 0 aliphatic rings. The van der Waals surface area contributed by atoms with Crippen molar-refractivity contribution in [1.29, 1.82) is 0 Å². The minimum Gasteiger partial charge on any atom is -0.493 e. The Hall–Kier alpha value is -3.18. The molecule has 0 amide bonds. The Bertz CT molecular complexity index is 912. The maximum atomic E-state index is 6.00. The summed E-state index contributed by atoms with van der Waals surface area (Å²) in [6.45, 7) is 1.84. The van der Waals surface area contributed by atoms with Crippen LogP contribution in [0.4, 0.5) is 0 Å². The van der Waals surface area contributed by atoms with E-state index in [-0.39, 0.29) is 0 Å². The Kier molecular flexibility index (Phi) is 7.36. The lowest BCUT2D eigenvalue weighted by Crippen LogP contribution is -2.14. The number of para-hydroxylation sites is 1. The SMILES string of the molecule is COc1ccc(CNCc2cccc(OC)c2OC)cc1OCc1ccccc1. The average molecular weight is 393 g/mol. The fourth-order valence-electron chi connectivity index (χ4n) is 3.11. The highest BCUT2D eigenvalue weighted by Crippen LogP contribution is 2.31. The van der Waals surface area contributed by atoms with Gasteiger partial charge in [0.1, 0.15) is 6.61 Å². The smallest absolute Gasteiger partial charge is 0.165 e. The molecule has 0 fully saturated rings. The van der Waals surface area contributed by atoms with Gasteiger partial charge in [-0.05, 0) is 29.3 Å². The van der Waals surface area contributed by atoms with E-state index >= 15 is 0 Å². The van der Waals surface area contributed by atoms with Crippen LogP contribution in [-0.4, -0.2) is 21.3 Å². The van der Waals surface area contributed by atoms with Gasteiger partial charge in [-0.1, -0.05) is 48.5 Å². The number of ether oxygens (including phenoxy) is 4. The summed E-state index contributed by atoms with van der Waals surface area (Å²) in [5, 5.41) is 3.45. The van der Waals surface area contributed by atoms with E-state index in [4.69, 9.17) is 18.9 Å². The van der Waals surface area contributed by atoms with Crippen molar-refractivity contribution in [2.24, 2.45) is 0 Å². The largest absolute Gasteiger partial charge is 0.493 e. The predicted octanol–water partition coefficient (Wildman–Crippen LogP) is 4.58. The van der Waals surface area contributed by atoms with Crippen LogP contribution in [0.25, 0.3) is 0 Å². The van der Waals surface area contributed by atoms with Crippen molar-refractivity contribution in [3.05, 3.63) is 83.4 Å². The standard InChI is InChI=1S/C24H27NO4/c1-26-21-13-12-19(14-23(21)29-17-18-8-5-4-6-9-18)15-25-16-20-10-7-11-22(27-2)24(20)28-3/h4-14,25H,15-17H2,1-3H3. The topological polar surface area (TPSA) is 49.0 Å². The molecular formula is C24H27NO4. The highest BCUT2D eigenvalue weighted by atomic mass is 16.5. The average Bonchev–Trinajstić information content (AvgIpc) is 2.78. The van der Waals surface area contributed by atoms with Gasteiger partial charge in [-0.3, -0.25) is 0 Å². The highest BCUT2D eigenvalue weighted by molar-refractivity contribution is 5.46. The van der Waals surface area contributed by atoms with E-state index in [2.05, 4.69) is 5.32 Å². The lowest BCUT2D eigenvalue weighted by atomic mass is 10.1. The third-order valence-corrected chi connectivity index (χ3v) is 4.59. The maximum Gasteiger partial charge on any atom is 0.165 e. The third kappa shape index (κ3) is 5.42. The van der Waals surface area contributed by atoms with Gasteiger partial charge < -0.3 is 24.3 Å². The van der Waals surface area contributed by atoms with Crippen LogP contribution in [-0.2, 0) is 19.7 Å². The van der Waals surface area contributed by atoms with Gasteiger partial charge in [0.25, 0.3) is 0 Å². The first-order valence-electron chi connectivity index (χ1n) is 9.49. The Labute approximate surface area is 172 Å². The van der Waals surface area contributed by atoms with E-state index in [0.717, 1.165) is 39.7 Å². The predicted molar refractivity (Wildman–Crippen MR) is 114 cm³/mol. The van der Waals surface area contributed by atoms with Crippen LogP contribution in [0.1, 0.15) is 16.7 Å². The van der Waals surface area contributed by atoms with E-state index in [0.29, 0.717) is 19.7 Å². The van der Waals surface area contributed by atoms with E-state index in [1.807, 2.05) is 66.7 Å². The zero-order valence-corrected chi connectivity index (χ0v) is 17.1. The molecule has 0 aliphatic carbocycles. The molecule has 0 bridgehead atoms. The molecule has 5 heteroatoms. The van der Waals surface area contributed by atoms with Crippen LogP contribution in [0.15, 0.2) is 66.7 Å². The minimum absolute atomic E-state index is 0.495. The second-order valence-corrected chi connectivity index (χ2v) is 6.52. The Morgan fingerprint density at radius 3 is 2.17 bits per heavy atom. The molecule has 0 spiro atoms. The molecular weight excluding hydrogens is 366 g/mol. The molecule has 152 valence electrons. The lowest BCUT2D eigenvalue weighted by molar-refractivity contribution is 0.284. The van der Waals surface area contributed by atoms with Crippen LogP contribution >= 0.6 is 0 Å². The highest BCUT2D eigenvalue weighted by Gasteiger charge is 2.10. The molecule has 3 aromatic rings. The normalized spacial score (nSPS) is 10.4. The summed E-state index contributed by atoms with van der Waals surface area (Å²) in [5.74, 6) is 2.94. The Morgan fingerprint density at radius 2 is 1.45 bits per heavy atom. The van der Waals surface area contributed by atoms with Gasteiger partial charge in [-0.25, -0.2) is 0 Å². The van der Waals surface area contributed by atoms with Crippen molar-refractivity contribution >= 4 is 0 Å².